The van der Waals surface area contributed by atoms with Crippen molar-refractivity contribution in [1.82, 2.24) is 63.8 Å². The summed E-state index contributed by atoms with van der Waals surface area (Å²) in [4.78, 5) is 76.2. The van der Waals surface area contributed by atoms with Gasteiger partial charge in [-0.1, -0.05) is 0 Å². The predicted molar refractivity (Wildman–Crippen MR) is 168 cm³/mol. The molecule has 0 aliphatic rings. The molecule has 0 aliphatic carbocycles. The topological polar surface area (TPSA) is 379 Å². The van der Waals surface area contributed by atoms with E-state index in [-0.39, 0.29) is 59.2 Å². The number of rotatable bonds is 0. The van der Waals surface area contributed by atoms with Crippen molar-refractivity contribution in [1.29, 1.82) is 0 Å². The second kappa shape index (κ2) is 58.4. The second-order valence-electron chi connectivity index (χ2n) is 5.42. The Labute approximate surface area is 277 Å². The number of hydrogen-bond donors (Lipinski definition) is 12. The molecule has 0 aromatic heterocycles. The summed E-state index contributed by atoms with van der Waals surface area (Å²) < 4.78 is 0. The molecule has 0 spiro atoms. The van der Waals surface area contributed by atoms with Gasteiger partial charge in [0.1, 0.15) is 0 Å². The molecule has 0 aromatic rings. The maximum Gasteiger partial charge on any atom is 2.00 e. The molecule has 0 heterocycles. The van der Waals surface area contributed by atoms with Gasteiger partial charge in [0.15, 0.2) is 0 Å². The van der Waals surface area contributed by atoms with Gasteiger partial charge in [-0.2, -0.15) is 0 Å². The Morgan fingerprint density at radius 2 is 0.356 bits per heavy atom. The second-order valence-corrected chi connectivity index (χ2v) is 5.42. The van der Waals surface area contributed by atoms with Gasteiger partial charge >= 0.3 is 59.2 Å². The summed E-state index contributed by atoms with van der Waals surface area (Å²) in [5.41, 5.74) is 0. The van der Waals surface area contributed by atoms with Crippen LogP contribution in [0.2, 0.25) is 0 Å². The monoisotopic (exact) mass is 676 g/mol. The number of carbonyl (C=O) groups is 6. The minimum absolute atomic E-state index is 0. The molecular weight excluding hydrogens is 629 g/mol. The molecule has 12 N–H and O–H groups in total. The Hall–Kier alpha value is -5.21. The third-order valence-corrected chi connectivity index (χ3v) is 2.72. The van der Waals surface area contributed by atoms with Gasteiger partial charge in [0.05, 0.1) is 10.2 Å². The van der Waals surface area contributed by atoms with Crippen LogP contribution >= 0.6 is 0 Å². The minimum atomic E-state index is -1.75. The van der Waals surface area contributed by atoms with Gasteiger partial charge in [-0.3, -0.25) is 0 Å². The van der Waals surface area contributed by atoms with Crippen LogP contribution in [0.3, 0.4) is 0 Å². The smallest absolute Gasteiger partial charge is 0.356 e. The van der Waals surface area contributed by atoms with Gasteiger partial charge in [-0.15, -0.1) is 0 Å². The van der Waals surface area contributed by atoms with Crippen LogP contribution in [0.5, 0.6) is 0 Å². The predicted octanol–water partition coefficient (Wildman–Crippen LogP) is -3.59. The zero-order chi connectivity index (χ0) is 37.1. The number of carbonyl (C=O) groups excluding carboxylic acids is 6. The first-order valence-electron chi connectivity index (χ1n) is 11.3. The minimum Gasteiger partial charge on any atom is -0.356 e. The van der Waals surface area contributed by atoms with Gasteiger partial charge in [0.25, 0.3) is 0 Å². The van der Waals surface area contributed by atoms with E-state index in [9.17, 15) is 28.8 Å². The largest absolute Gasteiger partial charge is 2.00 e. The summed E-state index contributed by atoms with van der Waals surface area (Å²) in [6, 6.07) is -0.944. The van der Waals surface area contributed by atoms with E-state index in [0.717, 1.165) is 0 Å². The fourth-order valence-corrected chi connectivity index (χ4v) is 0.750. The fraction of sp³-hybridized carbons (Fsp3) is 0.667. The zero-order valence-electron chi connectivity index (χ0n) is 27.5. The molecule has 0 bridgehead atoms. The van der Waals surface area contributed by atoms with Crippen molar-refractivity contribution < 1.29 is 38.9 Å². The van der Waals surface area contributed by atoms with E-state index in [0.29, 0.717) is 0 Å². The van der Waals surface area contributed by atoms with Crippen LogP contribution in [-0.4, -0.2) is 154 Å². The molecule has 0 saturated heterocycles. The summed E-state index contributed by atoms with van der Waals surface area (Å²) >= 11 is 0. The van der Waals surface area contributed by atoms with Crippen LogP contribution in [0.25, 0.3) is 0 Å². The zero-order valence-corrected chi connectivity index (χ0v) is 28.9. The van der Waals surface area contributed by atoms with Gasteiger partial charge in [0.2, 0.25) is 0 Å². The van der Waals surface area contributed by atoms with Gasteiger partial charge in [-0.05, 0) is 0 Å². The van der Waals surface area contributed by atoms with Crippen molar-refractivity contribution in [3.05, 3.63) is 30.6 Å². The van der Waals surface area contributed by atoms with Crippen molar-refractivity contribution in [3.63, 3.8) is 0 Å². The van der Waals surface area contributed by atoms with Crippen molar-refractivity contribution in [3.8, 4) is 0 Å². The van der Waals surface area contributed by atoms with E-state index in [1.165, 1.54) is 0 Å². The van der Waals surface area contributed by atoms with Crippen LogP contribution in [0.4, 0.5) is 28.8 Å². The number of amides is 12. The quantitative estimate of drug-likeness (QED) is 0.0673. The third-order valence-electron chi connectivity index (χ3n) is 2.72. The third kappa shape index (κ3) is 149. The average molecular weight is 677 g/mol. The molecule has 45 heavy (non-hydrogen) atoms. The normalized spacial score (nSPS) is 6.67. The van der Waals surface area contributed by atoms with Crippen LogP contribution in [0, 0.1) is 30.6 Å². The van der Waals surface area contributed by atoms with E-state index >= 15 is 0 Å². The number of urea groups is 6. The Bertz CT molecular complexity index is 573. The summed E-state index contributed by atoms with van der Waals surface area (Å²) in [6.45, 7) is 0. The van der Waals surface area contributed by atoms with Gasteiger partial charge < -0.3 is 94.4 Å². The summed E-state index contributed by atoms with van der Waals surface area (Å²) in [5, 5.41) is 57.9. The first-order valence-corrected chi connectivity index (χ1v) is 11.3. The first kappa shape index (κ1) is 63.2. The molecule has 26 nitrogen and oxygen atoms in total. The standard InChI is InChI=1S/6C3H8N2O.Mg.2NO3/c6*1-4-3(6)5-2;;2*2-1(3)4/h6*1-2H3,(H2,4,5,6);;;/q;;;;;;+2;2*-1. The molecule has 0 atom stereocenters. The van der Waals surface area contributed by atoms with Crippen molar-refractivity contribution in [2.75, 3.05) is 84.6 Å². The molecule has 0 unspecified atom stereocenters. The molecule has 12 amide bonds. The van der Waals surface area contributed by atoms with E-state index < -0.39 is 10.2 Å². The van der Waals surface area contributed by atoms with E-state index in [2.05, 4.69) is 63.8 Å². The molecule has 0 fully saturated rings. The molecule has 27 heteroatoms. The summed E-state index contributed by atoms with van der Waals surface area (Å²) in [6.07, 6.45) is 0. The number of nitrogens with one attached hydrogen (secondary N) is 12. The molecule has 0 saturated carbocycles. The Morgan fingerprint density at radius 1 is 0.311 bits per heavy atom. The molecule has 0 radical (unpaired) electrons. The molecule has 0 aromatic carbocycles. The van der Waals surface area contributed by atoms with Crippen molar-refractivity contribution in [2.45, 2.75) is 0 Å². The molecule has 0 rings (SSSR count). The average Bonchev–Trinajstić information content (AvgIpc) is 3.02. The van der Waals surface area contributed by atoms with Crippen LogP contribution in [0.1, 0.15) is 0 Å². The fourth-order valence-electron chi connectivity index (χ4n) is 0.750. The number of hydrogen-bond acceptors (Lipinski definition) is 12. The summed E-state index contributed by atoms with van der Waals surface area (Å²) in [7, 11) is 18.8. The van der Waals surface area contributed by atoms with Crippen LogP contribution in [0.15, 0.2) is 0 Å². The number of nitrogens with zero attached hydrogens (tertiary/aromatic N) is 2. The SMILES string of the molecule is CNC(=O)NC.CNC(=O)NC.CNC(=O)NC.CNC(=O)NC.CNC(=O)NC.CNC(=O)NC.O=[N+]([O-])[O-].O=[N+]([O-])[O-].[Mg+2]. The molecule has 0 aliphatic heterocycles. The maximum atomic E-state index is 9.96. The maximum absolute atomic E-state index is 9.96. The van der Waals surface area contributed by atoms with Gasteiger partial charge in [-0.25, -0.2) is 28.8 Å². The van der Waals surface area contributed by atoms with Crippen LogP contribution in [-0.2, 0) is 0 Å². The van der Waals surface area contributed by atoms with Crippen molar-refractivity contribution >= 4 is 59.2 Å². The Kier molecular flexibility index (Phi) is 82.0. The molecule has 264 valence electrons. The van der Waals surface area contributed by atoms with Crippen LogP contribution < -0.4 is 63.8 Å². The van der Waals surface area contributed by atoms with E-state index in [1.807, 2.05) is 0 Å². The van der Waals surface area contributed by atoms with Crippen molar-refractivity contribution in [2.24, 2.45) is 0 Å². The first-order chi connectivity index (χ1) is 20.3. The van der Waals surface area contributed by atoms with E-state index in [4.69, 9.17) is 30.6 Å². The van der Waals surface area contributed by atoms with Gasteiger partial charge in [0, 0.05) is 84.6 Å². The molecular formula is C18H48MgN14O12. The Morgan fingerprint density at radius 3 is 0.356 bits per heavy atom. The Balaban J connectivity index is -0.0000000471. The summed E-state index contributed by atoms with van der Waals surface area (Å²) in [5.74, 6) is 0. The van der Waals surface area contributed by atoms with E-state index in [1.54, 1.807) is 84.6 Å².